The lowest BCUT2D eigenvalue weighted by atomic mass is 10.1. The molecule has 8 nitrogen and oxygen atoms in total. The molecular weight excluding hydrogens is 324 g/mol. The topological polar surface area (TPSA) is 110 Å². The number of hydrogen-bond acceptors (Lipinski definition) is 8. The Balaban J connectivity index is 1.74. The van der Waals surface area contributed by atoms with Gasteiger partial charge >= 0.3 is 0 Å². The van der Waals surface area contributed by atoms with Crippen LogP contribution in [0.1, 0.15) is 20.7 Å². The van der Waals surface area contributed by atoms with Crippen molar-refractivity contribution in [3.05, 3.63) is 46.4 Å². The lowest BCUT2D eigenvalue weighted by molar-refractivity contribution is 0.102. The predicted molar refractivity (Wildman–Crippen MR) is 82.2 cm³/mol. The van der Waals surface area contributed by atoms with Crippen LogP contribution in [0.3, 0.4) is 0 Å². The lowest BCUT2D eigenvalue weighted by Gasteiger charge is -2.04. The van der Waals surface area contributed by atoms with Gasteiger partial charge in [0.2, 0.25) is 10.3 Å². The Morgan fingerprint density at radius 1 is 0.864 bits per heavy atom. The van der Waals surface area contributed by atoms with Crippen molar-refractivity contribution >= 4 is 44.8 Å². The fourth-order valence-electron chi connectivity index (χ4n) is 1.60. The van der Waals surface area contributed by atoms with Crippen LogP contribution < -0.4 is 10.6 Å². The highest BCUT2D eigenvalue weighted by Gasteiger charge is 2.12. The summed E-state index contributed by atoms with van der Waals surface area (Å²) in [5.74, 6) is -0.718. The van der Waals surface area contributed by atoms with E-state index >= 15 is 0 Å². The first-order valence-electron chi connectivity index (χ1n) is 5.97. The Labute approximate surface area is 132 Å². The maximum Gasteiger partial charge on any atom is 0.257 e. The van der Waals surface area contributed by atoms with Gasteiger partial charge in [0.1, 0.15) is 11.0 Å². The molecule has 2 heterocycles. The van der Waals surface area contributed by atoms with Gasteiger partial charge in [-0.1, -0.05) is 28.7 Å². The van der Waals surface area contributed by atoms with E-state index in [0.717, 1.165) is 0 Å². The molecule has 0 saturated heterocycles. The SMILES string of the molecule is O=C(Nc1nncs1)c1cccc(C(=O)Nc2nncs2)c1. The molecule has 2 amide bonds. The zero-order valence-corrected chi connectivity index (χ0v) is 12.5. The molecule has 0 fully saturated rings. The van der Waals surface area contributed by atoms with Gasteiger partial charge < -0.3 is 0 Å². The molecule has 2 N–H and O–H groups in total. The standard InChI is InChI=1S/C12H8N6O2S2/c19-9(15-11-17-13-5-21-11)7-2-1-3-8(4-7)10(20)16-12-18-14-6-22-12/h1-6H,(H,15,17,19)(H,16,18,20). The average molecular weight is 332 g/mol. The highest BCUT2D eigenvalue weighted by molar-refractivity contribution is 7.13. The maximum absolute atomic E-state index is 12.1. The fourth-order valence-corrected chi connectivity index (χ4v) is 2.48. The van der Waals surface area contributed by atoms with Crippen molar-refractivity contribution in [1.29, 1.82) is 0 Å². The van der Waals surface area contributed by atoms with Crippen LogP contribution in [0.15, 0.2) is 35.3 Å². The third-order valence-electron chi connectivity index (χ3n) is 2.55. The van der Waals surface area contributed by atoms with Crippen molar-refractivity contribution in [2.24, 2.45) is 0 Å². The normalized spacial score (nSPS) is 10.2. The zero-order chi connectivity index (χ0) is 15.4. The van der Waals surface area contributed by atoms with E-state index < -0.39 is 0 Å². The highest BCUT2D eigenvalue weighted by Crippen LogP contribution is 2.14. The van der Waals surface area contributed by atoms with E-state index in [-0.39, 0.29) is 11.8 Å². The summed E-state index contributed by atoms with van der Waals surface area (Å²) in [5, 5.41) is 20.7. The Morgan fingerprint density at radius 3 is 1.77 bits per heavy atom. The fraction of sp³-hybridized carbons (Fsp3) is 0. The number of benzene rings is 1. The molecule has 0 aliphatic heterocycles. The number of nitrogens with zero attached hydrogens (tertiary/aromatic N) is 4. The van der Waals surface area contributed by atoms with Gasteiger partial charge in [-0.3, -0.25) is 20.2 Å². The number of carbonyl (C=O) groups is 2. The van der Waals surface area contributed by atoms with Gasteiger partial charge in [0.25, 0.3) is 11.8 Å². The van der Waals surface area contributed by atoms with Gasteiger partial charge in [-0.15, -0.1) is 20.4 Å². The molecule has 0 spiro atoms. The number of aromatic nitrogens is 4. The second-order valence-corrected chi connectivity index (χ2v) is 5.64. The van der Waals surface area contributed by atoms with Gasteiger partial charge in [-0.05, 0) is 18.2 Å². The number of nitrogens with one attached hydrogen (secondary N) is 2. The second-order valence-electron chi connectivity index (χ2n) is 3.98. The van der Waals surface area contributed by atoms with Gasteiger partial charge in [0.15, 0.2) is 0 Å². The van der Waals surface area contributed by atoms with E-state index in [0.29, 0.717) is 21.4 Å². The molecule has 0 unspecified atom stereocenters. The van der Waals surface area contributed by atoms with Crippen molar-refractivity contribution in [2.45, 2.75) is 0 Å². The third-order valence-corrected chi connectivity index (χ3v) is 3.76. The van der Waals surface area contributed by atoms with E-state index in [2.05, 4.69) is 31.0 Å². The molecule has 3 rings (SSSR count). The molecule has 10 heteroatoms. The second kappa shape index (κ2) is 6.37. The summed E-state index contributed by atoms with van der Waals surface area (Å²) in [7, 11) is 0. The van der Waals surface area contributed by atoms with Crippen molar-refractivity contribution in [3.8, 4) is 0 Å². The van der Waals surface area contributed by atoms with Gasteiger partial charge in [-0.25, -0.2) is 0 Å². The Bertz CT molecular complexity index is 724. The van der Waals surface area contributed by atoms with E-state index in [4.69, 9.17) is 0 Å². The van der Waals surface area contributed by atoms with E-state index in [1.165, 1.54) is 39.8 Å². The average Bonchev–Trinajstić information content (AvgIpc) is 3.21. The number of rotatable bonds is 4. The molecule has 3 aromatic rings. The number of carbonyl (C=O) groups excluding carboxylic acids is 2. The van der Waals surface area contributed by atoms with Crippen molar-refractivity contribution < 1.29 is 9.59 Å². The molecule has 1 aromatic carbocycles. The number of hydrogen-bond donors (Lipinski definition) is 2. The molecule has 110 valence electrons. The molecule has 22 heavy (non-hydrogen) atoms. The summed E-state index contributed by atoms with van der Waals surface area (Å²) in [6.45, 7) is 0. The molecule has 0 saturated carbocycles. The number of anilines is 2. The molecule has 0 radical (unpaired) electrons. The first-order chi connectivity index (χ1) is 10.7. The van der Waals surface area contributed by atoms with Crippen LogP contribution in [0.5, 0.6) is 0 Å². The van der Waals surface area contributed by atoms with E-state index in [1.807, 2.05) is 0 Å². The van der Waals surface area contributed by atoms with E-state index in [9.17, 15) is 9.59 Å². The Hall–Kier alpha value is -2.72. The van der Waals surface area contributed by atoms with Crippen molar-refractivity contribution in [2.75, 3.05) is 10.6 Å². The minimum atomic E-state index is -0.359. The van der Waals surface area contributed by atoms with Crippen LogP contribution in [0.2, 0.25) is 0 Å². The van der Waals surface area contributed by atoms with Gasteiger partial charge in [-0.2, -0.15) is 0 Å². The summed E-state index contributed by atoms with van der Waals surface area (Å²) in [4.78, 5) is 24.2. The smallest absolute Gasteiger partial charge is 0.257 e. The molecular formula is C12H8N6O2S2. The summed E-state index contributed by atoms with van der Waals surface area (Å²) < 4.78 is 0. The zero-order valence-electron chi connectivity index (χ0n) is 10.9. The van der Waals surface area contributed by atoms with Crippen LogP contribution in [-0.4, -0.2) is 32.2 Å². The Kier molecular flexibility index (Phi) is 4.12. The van der Waals surface area contributed by atoms with Crippen LogP contribution in [-0.2, 0) is 0 Å². The maximum atomic E-state index is 12.1. The minimum absolute atomic E-state index is 0.347. The van der Waals surface area contributed by atoms with Gasteiger partial charge in [0.05, 0.1) is 0 Å². The first-order valence-corrected chi connectivity index (χ1v) is 7.73. The van der Waals surface area contributed by atoms with Gasteiger partial charge in [0, 0.05) is 11.1 Å². The summed E-state index contributed by atoms with van der Waals surface area (Å²) in [5.41, 5.74) is 3.73. The van der Waals surface area contributed by atoms with Crippen molar-refractivity contribution in [3.63, 3.8) is 0 Å². The van der Waals surface area contributed by atoms with E-state index in [1.54, 1.807) is 18.2 Å². The monoisotopic (exact) mass is 332 g/mol. The summed E-state index contributed by atoms with van der Waals surface area (Å²) in [6, 6.07) is 6.34. The quantitative estimate of drug-likeness (QED) is 0.755. The van der Waals surface area contributed by atoms with Crippen LogP contribution >= 0.6 is 22.7 Å². The Morgan fingerprint density at radius 2 is 1.36 bits per heavy atom. The molecule has 0 bridgehead atoms. The predicted octanol–water partition coefficient (Wildman–Crippen LogP) is 1.89. The van der Waals surface area contributed by atoms with Crippen LogP contribution in [0.25, 0.3) is 0 Å². The third kappa shape index (κ3) is 3.30. The lowest BCUT2D eigenvalue weighted by Crippen LogP contribution is -2.15. The minimum Gasteiger partial charge on any atom is -0.296 e. The molecule has 0 atom stereocenters. The highest BCUT2D eigenvalue weighted by atomic mass is 32.1. The largest absolute Gasteiger partial charge is 0.296 e. The van der Waals surface area contributed by atoms with Crippen LogP contribution in [0.4, 0.5) is 10.3 Å². The van der Waals surface area contributed by atoms with Crippen molar-refractivity contribution in [1.82, 2.24) is 20.4 Å². The first kappa shape index (κ1) is 14.2. The molecule has 2 aromatic heterocycles. The summed E-state index contributed by atoms with van der Waals surface area (Å²) >= 11 is 2.42. The summed E-state index contributed by atoms with van der Waals surface area (Å²) in [6.07, 6.45) is 0. The molecule has 0 aliphatic rings. The van der Waals surface area contributed by atoms with Crippen LogP contribution in [0, 0.1) is 0 Å². The number of amides is 2. The molecule has 0 aliphatic carbocycles.